The molecule has 6 heteroatoms. The molecule has 0 spiro atoms. The summed E-state index contributed by atoms with van der Waals surface area (Å²) in [5, 5.41) is 23.0. The van der Waals surface area contributed by atoms with E-state index in [-0.39, 0.29) is 23.3 Å². The third-order valence-electron chi connectivity index (χ3n) is 2.74. The molecule has 0 radical (unpaired) electrons. The lowest BCUT2D eigenvalue weighted by Crippen LogP contribution is -2.26. The van der Waals surface area contributed by atoms with E-state index in [1.54, 1.807) is 12.1 Å². The largest absolute Gasteiger partial charge is 0.396 e. The number of hydrogen-bond acceptors (Lipinski definition) is 4. The standard InChI is InChI=1S/C12H17IN2O3/c1-8(2)11(5-6-16)14-9-3-4-12(15(17)18)10(13)7-9/h3-4,7-8,11,14,16H,5-6H2,1-2H3. The minimum Gasteiger partial charge on any atom is -0.396 e. The summed E-state index contributed by atoms with van der Waals surface area (Å²) < 4.78 is 0.606. The van der Waals surface area contributed by atoms with Gasteiger partial charge in [-0.2, -0.15) is 0 Å². The van der Waals surface area contributed by atoms with Gasteiger partial charge in [-0.1, -0.05) is 13.8 Å². The second kappa shape index (κ2) is 6.89. The van der Waals surface area contributed by atoms with E-state index in [0.717, 1.165) is 5.69 Å². The first-order valence-electron chi connectivity index (χ1n) is 5.77. The third kappa shape index (κ3) is 4.09. The predicted octanol–water partition coefficient (Wildman–Crippen LogP) is 3.02. The van der Waals surface area contributed by atoms with Crippen LogP contribution in [0.2, 0.25) is 0 Å². The molecule has 0 aliphatic heterocycles. The van der Waals surface area contributed by atoms with E-state index in [1.807, 2.05) is 22.6 Å². The van der Waals surface area contributed by atoms with Gasteiger partial charge in [-0.15, -0.1) is 0 Å². The Morgan fingerprint density at radius 1 is 1.50 bits per heavy atom. The molecule has 0 amide bonds. The molecule has 1 rings (SSSR count). The Bertz CT molecular complexity index is 424. The summed E-state index contributed by atoms with van der Waals surface area (Å²) >= 11 is 1.96. The SMILES string of the molecule is CC(C)C(CCO)Nc1ccc([N+](=O)[O-])c(I)c1. The molecule has 0 saturated heterocycles. The van der Waals surface area contributed by atoms with E-state index in [2.05, 4.69) is 19.2 Å². The number of nitrogens with zero attached hydrogens (tertiary/aromatic N) is 1. The van der Waals surface area contributed by atoms with Gasteiger partial charge in [-0.25, -0.2) is 0 Å². The van der Waals surface area contributed by atoms with E-state index in [9.17, 15) is 10.1 Å². The Morgan fingerprint density at radius 3 is 2.61 bits per heavy atom. The maximum atomic E-state index is 10.7. The minimum atomic E-state index is -0.390. The van der Waals surface area contributed by atoms with Crippen LogP contribution in [-0.4, -0.2) is 22.7 Å². The van der Waals surface area contributed by atoms with E-state index >= 15 is 0 Å². The van der Waals surface area contributed by atoms with E-state index in [4.69, 9.17) is 5.11 Å². The summed E-state index contributed by atoms with van der Waals surface area (Å²) in [6.07, 6.45) is 0.658. The van der Waals surface area contributed by atoms with Gasteiger partial charge in [0.1, 0.15) is 0 Å². The van der Waals surface area contributed by atoms with Gasteiger partial charge >= 0.3 is 0 Å². The number of aliphatic hydroxyl groups excluding tert-OH is 1. The van der Waals surface area contributed by atoms with Crippen molar-refractivity contribution < 1.29 is 10.0 Å². The second-order valence-electron chi connectivity index (χ2n) is 4.43. The van der Waals surface area contributed by atoms with Crippen molar-refractivity contribution in [2.24, 2.45) is 5.92 Å². The normalized spacial score (nSPS) is 12.5. The molecule has 100 valence electrons. The number of benzene rings is 1. The number of nitrogens with one attached hydrogen (secondary N) is 1. The van der Waals surface area contributed by atoms with Crippen molar-refractivity contribution in [3.05, 3.63) is 31.9 Å². The second-order valence-corrected chi connectivity index (χ2v) is 5.59. The van der Waals surface area contributed by atoms with Crippen LogP contribution >= 0.6 is 22.6 Å². The van der Waals surface area contributed by atoms with Crippen LogP contribution in [0.4, 0.5) is 11.4 Å². The number of rotatable bonds is 6. The number of halogens is 1. The number of aliphatic hydroxyl groups is 1. The molecule has 0 aliphatic rings. The molecular weight excluding hydrogens is 347 g/mol. The van der Waals surface area contributed by atoms with E-state index < -0.39 is 0 Å². The molecule has 0 heterocycles. The lowest BCUT2D eigenvalue weighted by atomic mass is 10.0. The highest BCUT2D eigenvalue weighted by molar-refractivity contribution is 14.1. The predicted molar refractivity (Wildman–Crippen MR) is 79.8 cm³/mol. The quantitative estimate of drug-likeness (QED) is 0.462. The van der Waals surface area contributed by atoms with Crippen molar-refractivity contribution in [1.82, 2.24) is 0 Å². The maximum absolute atomic E-state index is 10.7. The molecule has 0 bridgehead atoms. The lowest BCUT2D eigenvalue weighted by Gasteiger charge is -2.22. The molecule has 0 aromatic heterocycles. The van der Waals surface area contributed by atoms with Crippen LogP contribution in [0.3, 0.4) is 0 Å². The highest BCUT2D eigenvalue weighted by Crippen LogP contribution is 2.25. The molecule has 1 aromatic carbocycles. The molecular formula is C12H17IN2O3. The third-order valence-corrected chi connectivity index (χ3v) is 3.61. The van der Waals surface area contributed by atoms with Crippen molar-refractivity contribution in [3.8, 4) is 0 Å². The average molecular weight is 364 g/mol. The Kier molecular flexibility index (Phi) is 5.80. The summed E-state index contributed by atoms with van der Waals surface area (Å²) in [6.45, 7) is 4.27. The number of anilines is 1. The molecule has 0 fully saturated rings. The molecule has 2 N–H and O–H groups in total. The Labute approximate surface area is 120 Å². The van der Waals surface area contributed by atoms with Crippen molar-refractivity contribution in [2.75, 3.05) is 11.9 Å². The van der Waals surface area contributed by atoms with Gasteiger partial charge in [0.2, 0.25) is 0 Å². The zero-order chi connectivity index (χ0) is 13.7. The van der Waals surface area contributed by atoms with Gasteiger partial charge in [0.05, 0.1) is 8.49 Å². The highest BCUT2D eigenvalue weighted by atomic mass is 127. The molecule has 0 aliphatic carbocycles. The summed E-state index contributed by atoms with van der Waals surface area (Å²) in [5.74, 6) is 0.380. The monoisotopic (exact) mass is 364 g/mol. The lowest BCUT2D eigenvalue weighted by molar-refractivity contribution is -0.385. The highest BCUT2D eigenvalue weighted by Gasteiger charge is 2.15. The van der Waals surface area contributed by atoms with Crippen LogP contribution < -0.4 is 5.32 Å². The van der Waals surface area contributed by atoms with Gasteiger partial charge in [0.15, 0.2) is 0 Å². The van der Waals surface area contributed by atoms with Crippen LogP contribution in [0.15, 0.2) is 18.2 Å². The summed E-state index contributed by atoms with van der Waals surface area (Å²) in [5.41, 5.74) is 0.960. The van der Waals surface area contributed by atoms with Crippen molar-refractivity contribution in [3.63, 3.8) is 0 Å². The fourth-order valence-electron chi connectivity index (χ4n) is 1.67. The maximum Gasteiger partial charge on any atom is 0.282 e. The first-order valence-corrected chi connectivity index (χ1v) is 6.85. The molecule has 5 nitrogen and oxygen atoms in total. The molecule has 0 saturated carbocycles. The Morgan fingerprint density at radius 2 is 2.17 bits per heavy atom. The van der Waals surface area contributed by atoms with Crippen LogP contribution in [0.5, 0.6) is 0 Å². The van der Waals surface area contributed by atoms with Crippen LogP contribution in [0.25, 0.3) is 0 Å². The van der Waals surface area contributed by atoms with Gasteiger partial charge in [-0.3, -0.25) is 10.1 Å². The van der Waals surface area contributed by atoms with Gasteiger partial charge < -0.3 is 10.4 Å². The van der Waals surface area contributed by atoms with E-state index in [0.29, 0.717) is 15.9 Å². The fourth-order valence-corrected chi connectivity index (χ4v) is 2.38. The van der Waals surface area contributed by atoms with Crippen LogP contribution in [0.1, 0.15) is 20.3 Å². The Hall–Kier alpha value is -0.890. The van der Waals surface area contributed by atoms with Crippen LogP contribution in [-0.2, 0) is 0 Å². The van der Waals surface area contributed by atoms with Gasteiger partial charge in [0, 0.05) is 24.4 Å². The smallest absolute Gasteiger partial charge is 0.282 e. The first-order chi connectivity index (χ1) is 8.45. The summed E-state index contributed by atoms with van der Waals surface area (Å²) in [4.78, 5) is 10.3. The summed E-state index contributed by atoms with van der Waals surface area (Å²) in [6, 6.07) is 5.12. The van der Waals surface area contributed by atoms with Crippen molar-refractivity contribution in [1.29, 1.82) is 0 Å². The van der Waals surface area contributed by atoms with E-state index in [1.165, 1.54) is 6.07 Å². The van der Waals surface area contributed by atoms with Gasteiger partial charge in [0.25, 0.3) is 5.69 Å². The van der Waals surface area contributed by atoms with Crippen LogP contribution in [0, 0.1) is 19.6 Å². The topological polar surface area (TPSA) is 75.4 Å². The molecule has 18 heavy (non-hydrogen) atoms. The fraction of sp³-hybridized carbons (Fsp3) is 0.500. The number of nitro groups is 1. The van der Waals surface area contributed by atoms with Crippen molar-refractivity contribution >= 4 is 34.0 Å². The molecule has 1 unspecified atom stereocenters. The Balaban J connectivity index is 2.84. The molecule has 1 atom stereocenters. The molecule has 1 aromatic rings. The van der Waals surface area contributed by atoms with Gasteiger partial charge in [-0.05, 0) is 47.1 Å². The zero-order valence-corrected chi connectivity index (χ0v) is 12.5. The van der Waals surface area contributed by atoms with Crippen molar-refractivity contribution in [2.45, 2.75) is 26.3 Å². The number of nitro benzene ring substituents is 1. The zero-order valence-electron chi connectivity index (χ0n) is 10.4. The average Bonchev–Trinajstić information content (AvgIpc) is 2.27. The summed E-state index contributed by atoms with van der Waals surface area (Å²) in [7, 11) is 0. The minimum absolute atomic E-state index is 0.115. The number of hydrogen-bond donors (Lipinski definition) is 2. The first kappa shape index (κ1) is 15.2.